The molecule has 1 aliphatic carbocycles. The number of allylic oxidation sites excluding steroid dienone is 2. The second kappa shape index (κ2) is 8.53. The Morgan fingerprint density at radius 3 is 2.47 bits per heavy atom. The first-order chi connectivity index (χ1) is 16.4. The van der Waals surface area contributed by atoms with Gasteiger partial charge in [0.15, 0.2) is 0 Å². The van der Waals surface area contributed by atoms with Crippen molar-refractivity contribution < 1.29 is 23.1 Å². The molecule has 0 amide bonds. The summed E-state index contributed by atoms with van der Waals surface area (Å²) in [6.45, 7) is 0. The van der Waals surface area contributed by atoms with E-state index in [0.717, 1.165) is 23.2 Å². The number of fused-ring (bicyclic) bond motifs is 3. The molecule has 34 heavy (non-hydrogen) atoms. The maximum Gasteiger partial charge on any atom is 0.335 e. The Hall–Kier alpha value is -3.78. The Balaban J connectivity index is 1.44. The maximum absolute atomic E-state index is 13.1. The number of carboxylic acid groups (broad SMARTS) is 1. The number of methoxy groups -OCH3 is 1. The minimum atomic E-state index is -3.77. The van der Waals surface area contributed by atoms with Crippen molar-refractivity contribution >= 4 is 27.4 Å². The van der Waals surface area contributed by atoms with E-state index in [-0.39, 0.29) is 28.3 Å². The lowest BCUT2D eigenvalue weighted by Crippen LogP contribution is -2.29. The van der Waals surface area contributed by atoms with Crippen LogP contribution in [0.4, 0.5) is 11.4 Å². The first-order valence-corrected chi connectivity index (χ1v) is 12.4. The molecule has 3 aromatic rings. The van der Waals surface area contributed by atoms with Crippen LogP contribution in [0, 0.1) is 5.92 Å². The Labute approximate surface area is 198 Å². The number of ether oxygens (including phenoxy) is 1. The fourth-order valence-corrected chi connectivity index (χ4v) is 5.87. The predicted molar refractivity (Wildman–Crippen MR) is 130 cm³/mol. The van der Waals surface area contributed by atoms with Crippen LogP contribution in [0.1, 0.15) is 39.9 Å². The summed E-state index contributed by atoms with van der Waals surface area (Å²) < 4.78 is 33.9. The van der Waals surface area contributed by atoms with E-state index in [4.69, 9.17) is 4.74 Å². The molecular weight excluding hydrogens is 452 g/mol. The molecule has 2 aliphatic rings. The van der Waals surface area contributed by atoms with Crippen LogP contribution in [0.25, 0.3) is 0 Å². The molecule has 0 saturated carbocycles. The molecule has 1 aliphatic heterocycles. The molecule has 3 atom stereocenters. The van der Waals surface area contributed by atoms with Gasteiger partial charge in [0.05, 0.1) is 23.6 Å². The summed E-state index contributed by atoms with van der Waals surface area (Å²) in [4.78, 5) is 11.4. The van der Waals surface area contributed by atoms with Crippen LogP contribution in [-0.4, -0.2) is 26.6 Å². The Kier molecular flexibility index (Phi) is 5.53. The van der Waals surface area contributed by atoms with Gasteiger partial charge >= 0.3 is 5.97 Å². The first kappa shape index (κ1) is 22.0. The largest absolute Gasteiger partial charge is 0.497 e. The monoisotopic (exact) mass is 476 g/mol. The zero-order chi connectivity index (χ0) is 23.9. The molecule has 0 fully saturated rings. The number of carboxylic acids is 1. The third-order valence-corrected chi connectivity index (χ3v) is 7.88. The van der Waals surface area contributed by atoms with Crippen molar-refractivity contribution in [1.82, 2.24) is 0 Å². The van der Waals surface area contributed by atoms with Crippen molar-refractivity contribution in [2.24, 2.45) is 5.92 Å². The minimum Gasteiger partial charge on any atom is -0.497 e. The van der Waals surface area contributed by atoms with E-state index in [1.165, 1.54) is 0 Å². The molecule has 0 aromatic heterocycles. The number of hydrogen-bond donors (Lipinski definition) is 3. The standard InChI is InChI=1S/C26H24N2O5S/c1-33-19-11-9-18(10-12-19)28-34(31,32)20-13-14-24-23(15-20)21-3-2-4-22(21)25(27-24)16-5-7-17(8-6-16)26(29)30/h2-3,5-15,21-22,25,27-28H,4H2,1H3,(H,29,30)/t21?,22-,25-/m1/s1. The molecule has 7 nitrogen and oxygen atoms in total. The topological polar surface area (TPSA) is 105 Å². The number of benzene rings is 3. The van der Waals surface area contributed by atoms with Gasteiger partial charge in [0.2, 0.25) is 0 Å². The molecule has 0 radical (unpaired) electrons. The first-order valence-electron chi connectivity index (χ1n) is 10.9. The van der Waals surface area contributed by atoms with Crippen LogP contribution < -0.4 is 14.8 Å². The van der Waals surface area contributed by atoms with Crippen LogP contribution in [0.5, 0.6) is 5.75 Å². The number of sulfonamides is 1. The molecule has 1 heterocycles. The van der Waals surface area contributed by atoms with Gasteiger partial charge in [0.25, 0.3) is 10.0 Å². The molecule has 0 bridgehead atoms. The van der Waals surface area contributed by atoms with Gasteiger partial charge in [-0.3, -0.25) is 4.72 Å². The molecule has 3 N–H and O–H groups in total. The number of hydrogen-bond acceptors (Lipinski definition) is 5. The lowest BCUT2D eigenvalue weighted by atomic mass is 9.77. The van der Waals surface area contributed by atoms with Crippen LogP contribution in [-0.2, 0) is 10.0 Å². The molecular formula is C26H24N2O5S. The number of carbonyl (C=O) groups is 1. The van der Waals surface area contributed by atoms with E-state index in [9.17, 15) is 18.3 Å². The molecule has 1 unspecified atom stereocenters. The fraction of sp³-hybridized carbons (Fsp3) is 0.192. The minimum absolute atomic E-state index is 0.00442. The highest BCUT2D eigenvalue weighted by atomic mass is 32.2. The van der Waals surface area contributed by atoms with Crippen LogP contribution in [0.2, 0.25) is 0 Å². The third kappa shape index (κ3) is 4.01. The Morgan fingerprint density at radius 2 is 1.79 bits per heavy atom. The molecule has 0 saturated heterocycles. The molecule has 5 rings (SSSR count). The third-order valence-electron chi connectivity index (χ3n) is 6.50. The van der Waals surface area contributed by atoms with E-state index in [1.807, 2.05) is 12.1 Å². The van der Waals surface area contributed by atoms with Crippen molar-refractivity contribution in [2.75, 3.05) is 17.1 Å². The van der Waals surface area contributed by atoms with Gasteiger partial charge in [-0.25, -0.2) is 13.2 Å². The summed E-state index contributed by atoms with van der Waals surface area (Å²) in [5.74, 6) is -0.0351. The van der Waals surface area contributed by atoms with Crippen molar-refractivity contribution in [3.63, 3.8) is 0 Å². The summed E-state index contributed by atoms with van der Waals surface area (Å²) >= 11 is 0. The summed E-state index contributed by atoms with van der Waals surface area (Å²) in [5.41, 5.74) is 3.53. The lowest BCUT2D eigenvalue weighted by Gasteiger charge is -2.37. The molecule has 0 spiro atoms. The normalized spacial score (nSPS) is 20.7. The second-order valence-electron chi connectivity index (χ2n) is 8.49. The fourth-order valence-electron chi connectivity index (χ4n) is 4.78. The van der Waals surface area contributed by atoms with E-state index in [1.54, 1.807) is 61.7 Å². The van der Waals surface area contributed by atoms with Crippen molar-refractivity contribution in [2.45, 2.75) is 23.3 Å². The summed E-state index contributed by atoms with van der Waals surface area (Å²) in [6.07, 6.45) is 5.11. The average Bonchev–Trinajstić information content (AvgIpc) is 3.34. The smallest absolute Gasteiger partial charge is 0.335 e. The van der Waals surface area contributed by atoms with E-state index < -0.39 is 16.0 Å². The summed E-state index contributed by atoms with van der Waals surface area (Å²) in [5, 5.41) is 12.7. The van der Waals surface area contributed by atoms with Gasteiger partial charge in [-0.05, 0) is 78.1 Å². The van der Waals surface area contributed by atoms with Crippen molar-refractivity contribution in [1.29, 1.82) is 0 Å². The second-order valence-corrected chi connectivity index (χ2v) is 10.2. The predicted octanol–water partition coefficient (Wildman–Crippen LogP) is 5.02. The van der Waals surface area contributed by atoms with Gasteiger partial charge < -0.3 is 15.2 Å². The molecule has 8 heteroatoms. The van der Waals surface area contributed by atoms with Gasteiger partial charge in [0.1, 0.15) is 5.75 Å². The number of aromatic carboxylic acids is 1. The highest BCUT2D eigenvalue weighted by Gasteiger charge is 2.38. The molecule has 174 valence electrons. The zero-order valence-electron chi connectivity index (χ0n) is 18.4. The van der Waals surface area contributed by atoms with Gasteiger partial charge in [-0.2, -0.15) is 0 Å². The number of nitrogens with one attached hydrogen (secondary N) is 2. The Bertz CT molecular complexity index is 1370. The van der Waals surface area contributed by atoms with E-state index in [2.05, 4.69) is 22.2 Å². The lowest BCUT2D eigenvalue weighted by molar-refractivity contribution is 0.0697. The highest BCUT2D eigenvalue weighted by Crippen LogP contribution is 2.50. The highest BCUT2D eigenvalue weighted by molar-refractivity contribution is 7.92. The zero-order valence-corrected chi connectivity index (χ0v) is 19.2. The van der Waals surface area contributed by atoms with Crippen LogP contribution in [0.3, 0.4) is 0 Å². The summed E-state index contributed by atoms with van der Waals surface area (Å²) in [7, 11) is -2.22. The quantitative estimate of drug-likeness (QED) is 0.432. The van der Waals surface area contributed by atoms with Gasteiger partial charge in [-0.15, -0.1) is 0 Å². The van der Waals surface area contributed by atoms with Crippen molar-refractivity contribution in [3.8, 4) is 5.75 Å². The van der Waals surface area contributed by atoms with Gasteiger partial charge in [-0.1, -0.05) is 24.3 Å². The Morgan fingerprint density at radius 1 is 1.06 bits per heavy atom. The van der Waals surface area contributed by atoms with E-state index in [0.29, 0.717) is 11.4 Å². The molecule has 3 aromatic carbocycles. The number of rotatable bonds is 6. The van der Waals surface area contributed by atoms with Crippen LogP contribution in [0.15, 0.2) is 83.8 Å². The SMILES string of the molecule is COc1ccc(NS(=O)(=O)c2ccc3c(c2)C2C=CC[C@H]2[C@@H](c2ccc(C(=O)O)cc2)N3)cc1. The van der Waals surface area contributed by atoms with E-state index >= 15 is 0 Å². The van der Waals surface area contributed by atoms with Gasteiger partial charge in [0, 0.05) is 17.3 Å². The van der Waals surface area contributed by atoms with Crippen LogP contribution >= 0.6 is 0 Å². The number of anilines is 2. The average molecular weight is 477 g/mol. The maximum atomic E-state index is 13.1. The summed E-state index contributed by atoms with van der Waals surface area (Å²) in [6, 6.07) is 18.8. The van der Waals surface area contributed by atoms with Crippen molar-refractivity contribution in [3.05, 3.63) is 95.6 Å².